The summed E-state index contributed by atoms with van der Waals surface area (Å²) >= 11 is 0. The number of unbranched alkanes of at least 4 members (excludes halogenated alkanes) is 31. The second-order valence-corrected chi connectivity index (χ2v) is 19.5. The van der Waals surface area contributed by atoms with Crippen LogP contribution in [-0.2, 0) is 41.6 Å². The van der Waals surface area contributed by atoms with E-state index in [-0.39, 0.29) is 12.2 Å². The summed E-state index contributed by atoms with van der Waals surface area (Å²) in [5.41, 5.74) is 2.41. The smallest absolute Gasteiger partial charge is 0.104 e. The van der Waals surface area contributed by atoms with Gasteiger partial charge in [0, 0.05) is 26.4 Å². The van der Waals surface area contributed by atoms with Crippen molar-refractivity contribution >= 4 is 0 Å². The number of hydrogen-bond acceptors (Lipinski definition) is 6. The number of ether oxygens (including phenoxy) is 6. The summed E-state index contributed by atoms with van der Waals surface area (Å²) in [7, 11) is 0. The Morgan fingerprint density at radius 1 is 0.273 bits per heavy atom. The first-order chi connectivity index (χ1) is 32.8. The monoisotopic (exact) mass is 923 g/mol. The topological polar surface area (TPSA) is 55.4 Å². The van der Waals surface area contributed by atoms with E-state index in [1.54, 1.807) is 0 Å². The predicted molar refractivity (Wildman–Crippen MR) is 282 cm³/mol. The molecule has 0 N–H and O–H groups in total. The van der Waals surface area contributed by atoms with Crippen LogP contribution in [0.25, 0.3) is 0 Å². The normalized spacial score (nSPS) is 12.6. The van der Waals surface area contributed by atoms with Crippen molar-refractivity contribution in [3.8, 4) is 0 Å². The lowest BCUT2D eigenvalue weighted by atomic mass is 10.0. The summed E-state index contributed by atoms with van der Waals surface area (Å²) in [6.45, 7) is 11.5. The molecule has 6 nitrogen and oxygen atoms in total. The molecule has 2 aromatic rings. The third-order valence-corrected chi connectivity index (χ3v) is 13.0. The molecule has 0 amide bonds. The van der Waals surface area contributed by atoms with Crippen LogP contribution in [0.2, 0.25) is 0 Å². The maximum absolute atomic E-state index is 6.25. The molecule has 66 heavy (non-hydrogen) atoms. The molecule has 0 aromatic heterocycles. The molecule has 0 fully saturated rings. The fraction of sp³-hybridized carbons (Fsp3) is 0.800. The van der Waals surface area contributed by atoms with Gasteiger partial charge in [-0.25, -0.2) is 0 Å². The molecule has 0 heterocycles. The second-order valence-electron chi connectivity index (χ2n) is 19.5. The molecule has 2 rings (SSSR count). The summed E-state index contributed by atoms with van der Waals surface area (Å²) in [6, 6.07) is 20.8. The average Bonchev–Trinajstić information content (AvgIpc) is 3.34. The third-order valence-electron chi connectivity index (χ3n) is 13.0. The van der Waals surface area contributed by atoms with Gasteiger partial charge in [-0.15, -0.1) is 0 Å². The van der Waals surface area contributed by atoms with Crippen LogP contribution in [0.1, 0.15) is 243 Å². The fourth-order valence-corrected chi connectivity index (χ4v) is 8.69. The van der Waals surface area contributed by atoms with Crippen LogP contribution in [0.3, 0.4) is 0 Å². The van der Waals surface area contributed by atoms with Crippen molar-refractivity contribution in [1.29, 1.82) is 0 Å². The minimum absolute atomic E-state index is 0.0164. The van der Waals surface area contributed by atoms with Gasteiger partial charge in [0.05, 0.1) is 39.6 Å². The van der Waals surface area contributed by atoms with Gasteiger partial charge < -0.3 is 28.4 Å². The molecule has 0 saturated carbocycles. The van der Waals surface area contributed by atoms with Gasteiger partial charge in [0.1, 0.15) is 12.2 Å². The Bertz CT molecular complexity index is 1100. The number of hydrogen-bond donors (Lipinski definition) is 0. The van der Waals surface area contributed by atoms with E-state index in [0.29, 0.717) is 39.6 Å². The van der Waals surface area contributed by atoms with Crippen molar-refractivity contribution in [2.45, 2.75) is 258 Å². The molecule has 2 atom stereocenters. The van der Waals surface area contributed by atoms with Crippen LogP contribution < -0.4 is 0 Å². The summed E-state index contributed by atoms with van der Waals surface area (Å²) < 4.78 is 36.8. The quantitative estimate of drug-likeness (QED) is 0.0616. The van der Waals surface area contributed by atoms with Crippen LogP contribution in [-0.4, -0.2) is 65.1 Å². The van der Waals surface area contributed by atoms with Gasteiger partial charge in [-0.1, -0.05) is 267 Å². The molecule has 0 spiro atoms. The molecule has 0 aliphatic rings. The van der Waals surface area contributed by atoms with Crippen molar-refractivity contribution in [1.82, 2.24) is 0 Å². The number of rotatable bonds is 53. The molecule has 2 aromatic carbocycles. The zero-order valence-corrected chi connectivity index (χ0v) is 43.5. The molecule has 382 valence electrons. The maximum atomic E-state index is 6.25. The lowest BCUT2D eigenvalue weighted by molar-refractivity contribution is -0.0645. The highest BCUT2D eigenvalue weighted by atomic mass is 16.6. The Balaban J connectivity index is 1.35. The maximum Gasteiger partial charge on any atom is 0.104 e. The minimum atomic E-state index is 0.0164. The first-order valence-electron chi connectivity index (χ1n) is 28.4. The summed E-state index contributed by atoms with van der Waals surface area (Å²) in [5, 5.41) is 0. The zero-order valence-electron chi connectivity index (χ0n) is 43.5. The highest BCUT2D eigenvalue weighted by Crippen LogP contribution is 2.16. The molecule has 0 bridgehead atoms. The van der Waals surface area contributed by atoms with Crippen LogP contribution in [0.4, 0.5) is 0 Å². The van der Waals surface area contributed by atoms with E-state index in [9.17, 15) is 0 Å². The first kappa shape index (κ1) is 60.3. The van der Waals surface area contributed by atoms with Crippen LogP contribution in [0.5, 0.6) is 0 Å². The van der Waals surface area contributed by atoms with E-state index in [1.807, 2.05) is 0 Å². The van der Waals surface area contributed by atoms with E-state index in [1.165, 1.54) is 204 Å². The molecule has 0 aliphatic heterocycles. The Labute approximate surface area is 409 Å². The Kier molecular flexibility index (Phi) is 45.3. The van der Waals surface area contributed by atoms with Gasteiger partial charge >= 0.3 is 0 Å². The lowest BCUT2D eigenvalue weighted by Crippen LogP contribution is -2.26. The molecule has 0 unspecified atom stereocenters. The summed E-state index contributed by atoms with van der Waals surface area (Å²) in [6.07, 6.45) is 45.4. The van der Waals surface area contributed by atoms with Gasteiger partial charge in [-0.3, -0.25) is 0 Å². The predicted octanol–water partition coefficient (Wildman–Crippen LogP) is 17.5. The molecule has 0 saturated heterocycles. The van der Waals surface area contributed by atoms with Crippen LogP contribution >= 0.6 is 0 Å². The molecule has 0 aliphatic carbocycles. The summed E-state index contributed by atoms with van der Waals surface area (Å²) in [5.74, 6) is 0. The highest BCUT2D eigenvalue weighted by molar-refractivity contribution is 5.14. The largest absolute Gasteiger partial charge is 0.379 e. The van der Waals surface area contributed by atoms with Crippen molar-refractivity contribution in [2.24, 2.45) is 0 Å². The van der Waals surface area contributed by atoms with Crippen molar-refractivity contribution in [3.05, 3.63) is 71.8 Å². The first-order valence-corrected chi connectivity index (χ1v) is 28.4. The fourth-order valence-electron chi connectivity index (χ4n) is 8.69. The van der Waals surface area contributed by atoms with Gasteiger partial charge in [0.25, 0.3) is 0 Å². The number of benzene rings is 2. The van der Waals surface area contributed by atoms with Crippen molar-refractivity contribution in [2.75, 3.05) is 52.9 Å². The second kappa shape index (κ2) is 49.6. The third kappa shape index (κ3) is 41.2. The Hall–Kier alpha value is -1.80. The van der Waals surface area contributed by atoms with Crippen LogP contribution in [0.15, 0.2) is 60.7 Å². The molecule has 0 radical (unpaired) electrons. The summed E-state index contributed by atoms with van der Waals surface area (Å²) in [4.78, 5) is 0. The SMILES string of the molecule is CCCCCCCCCCO[C@H](COCCCCCCCCCCCCCCCCCCCCOC[C@H](COCc1ccccc1)OCCCCCCCCCC)COCc1ccccc1. The van der Waals surface area contributed by atoms with E-state index in [0.717, 1.165) is 52.1 Å². The van der Waals surface area contributed by atoms with Gasteiger partial charge in [-0.2, -0.15) is 0 Å². The van der Waals surface area contributed by atoms with E-state index in [2.05, 4.69) is 74.5 Å². The van der Waals surface area contributed by atoms with Gasteiger partial charge in [0.15, 0.2) is 0 Å². The Morgan fingerprint density at radius 2 is 0.515 bits per heavy atom. The zero-order chi connectivity index (χ0) is 46.7. The van der Waals surface area contributed by atoms with E-state index >= 15 is 0 Å². The van der Waals surface area contributed by atoms with Crippen LogP contribution in [0, 0.1) is 0 Å². The van der Waals surface area contributed by atoms with E-state index < -0.39 is 0 Å². The van der Waals surface area contributed by atoms with Gasteiger partial charge in [0.2, 0.25) is 0 Å². The molecular formula is C60H106O6. The lowest BCUT2D eigenvalue weighted by Gasteiger charge is -2.18. The van der Waals surface area contributed by atoms with E-state index in [4.69, 9.17) is 28.4 Å². The molecular weight excluding hydrogens is 817 g/mol. The van der Waals surface area contributed by atoms with Crippen molar-refractivity contribution < 1.29 is 28.4 Å². The standard InChI is InChI=1S/C60H106O6/c1-3-5-7-9-11-27-31-41-49-65-59(55-63-51-57-43-35-33-36-44-57)53-61-47-39-29-25-23-21-19-17-15-13-14-16-18-20-22-24-26-30-40-48-62-54-60(56-64-52-58-45-37-34-38-46-58)66-50-42-32-28-12-10-8-6-4-2/h33-38,43-46,59-60H,3-32,39-42,47-56H2,1-2H3/t59-,60-/m1/s1. The minimum Gasteiger partial charge on any atom is -0.379 e. The molecule has 6 heteroatoms. The Morgan fingerprint density at radius 3 is 0.803 bits per heavy atom. The van der Waals surface area contributed by atoms with Crippen molar-refractivity contribution in [3.63, 3.8) is 0 Å². The highest BCUT2D eigenvalue weighted by Gasteiger charge is 2.12. The van der Waals surface area contributed by atoms with Gasteiger partial charge in [-0.05, 0) is 36.8 Å². The average molecular weight is 924 g/mol.